The summed E-state index contributed by atoms with van der Waals surface area (Å²) in [5, 5.41) is 0. The molecule has 0 aliphatic carbocycles. The Bertz CT molecular complexity index is 1510. The van der Waals surface area contributed by atoms with Crippen LogP contribution in [0.5, 0.6) is 6.01 Å². The van der Waals surface area contributed by atoms with Crippen LogP contribution in [0.3, 0.4) is 0 Å². The number of nitrogen functional groups attached to an aromatic ring is 1. The summed E-state index contributed by atoms with van der Waals surface area (Å²) in [6.45, 7) is 9.03. The number of fused-ring (bicyclic) bond motifs is 2. The van der Waals surface area contributed by atoms with E-state index in [4.69, 9.17) is 20.2 Å². The van der Waals surface area contributed by atoms with Gasteiger partial charge in [0, 0.05) is 56.2 Å². The van der Waals surface area contributed by atoms with Gasteiger partial charge in [-0.2, -0.15) is 23.1 Å². The highest BCUT2D eigenvalue weighted by Crippen LogP contribution is 2.45. The molecule has 0 saturated carbocycles. The molecule has 1 amide bonds. The molecule has 4 aliphatic heterocycles. The molecule has 14 heteroatoms. The number of nitrogens with two attached hydrogens (primary N) is 1. The van der Waals surface area contributed by atoms with E-state index in [-0.39, 0.29) is 43.2 Å². The second-order valence-electron chi connectivity index (χ2n) is 12.5. The number of carbonyl (C=O) groups excluding carboxylic acids is 1. The summed E-state index contributed by atoms with van der Waals surface area (Å²) >= 11 is 0. The molecule has 45 heavy (non-hydrogen) atoms. The molecule has 0 bridgehead atoms. The van der Waals surface area contributed by atoms with Crippen LogP contribution in [0, 0.1) is 12.7 Å². The molecule has 3 fully saturated rings. The fraction of sp³-hybridized carbons (Fsp3) is 0.581. The summed E-state index contributed by atoms with van der Waals surface area (Å²) in [7, 11) is 0. The molecule has 2 aromatic rings. The molecule has 0 spiro atoms. The maximum Gasteiger partial charge on any atom is 0.417 e. The van der Waals surface area contributed by atoms with Crippen molar-refractivity contribution in [2.75, 3.05) is 50.0 Å². The van der Waals surface area contributed by atoms with Crippen molar-refractivity contribution in [2.24, 2.45) is 0 Å². The van der Waals surface area contributed by atoms with E-state index in [0.717, 1.165) is 25.5 Å². The molecule has 4 aliphatic rings. The maximum atomic E-state index is 15.4. The lowest BCUT2D eigenvalue weighted by Crippen LogP contribution is -2.54. The molecule has 1 unspecified atom stereocenters. The van der Waals surface area contributed by atoms with E-state index < -0.39 is 46.6 Å². The second-order valence-corrected chi connectivity index (χ2v) is 12.5. The van der Waals surface area contributed by atoms with Gasteiger partial charge >= 0.3 is 12.2 Å². The predicted octanol–water partition coefficient (Wildman–Crippen LogP) is 4.52. The molecule has 2 N–H and O–H groups in total. The van der Waals surface area contributed by atoms with E-state index in [1.165, 1.54) is 13.0 Å². The zero-order chi connectivity index (χ0) is 32.3. The second kappa shape index (κ2) is 11.7. The minimum Gasteiger partial charge on any atom is -0.461 e. The van der Waals surface area contributed by atoms with Gasteiger partial charge in [-0.1, -0.05) is 6.58 Å². The molecule has 6 rings (SSSR count). The summed E-state index contributed by atoms with van der Waals surface area (Å²) in [6.07, 6.45) is -4.02. The van der Waals surface area contributed by atoms with Crippen molar-refractivity contribution < 1.29 is 36.2 Å². The Labute approximate surface area is 258 Å². The van der Waals surface area contributed by atoms with Gasteiger partial charge in [-0.3, -0.25) is 9.69 Å². The van der Waals surface area contributed by atoms with Gasteiger partial charge in [0.1, 0.15) is 18.6 Å². The highest BCUT2D eigenvalue weighted by molar-refractivity contribution is 5.87. The van der Waals surface area contributed by atoms with Gasteiger partial charge in [0.25, 0.3) is 0 Å². The number of aromatic nitrogens is 2. The number of benzene rings is 1. The third-order valence-electron chi connectivity index (χ3n) is 9.61. The number of nitrogens with zero attached hydrogens (tertiary/aromatic N) is 5. The first-order valence-corrected chi connectivity index (χ1v) is 15.2. The molecule has 5 heterocycles. The van der Waals surface area contributed by atoms with Gasteiger partial charge in [0.2, 0.25) is 5.91 Å². The Hall–Kier alpha value is -3.52. The van der Waals surface area contributed by atoms with Crippen LogP contribution in [-0.4, -0.2) is 82.8 Å². The summed E-state index contributed by atoms with van der Waals surface area (Å²) in [5.41, 5.74) is 3.84. The SMILES string of the molecule is C=CC(=O)N1CCN(c2nc(OC[C@@]34CCCN3C[C@H](F)C4)nc3c2COC(c2c(F)c(N)cc(C)c2C(F)(F)F)C3)[C@@H](C)C1. The summed E-state index contributed by atoms with van der Waals surface area (Å²) in [6, 6.07) is 0.786. The number of amides is 1. The van der Waals surface area contributed by atoms with Crippen molar-refractivity contribution in [3.8, 4) is 6.01 Å². The number of carbonyl (C=O) groups is 1. The number of alkyl halides is 4. The number of hydrogen-bond donors (Lipinski definition) is 1. The van der Waals surface area contributed by atoms with Crippen molar-refractivity contribution in [2.45, 2.75) is 76.2 Å². The lowest BCUT2D eigenvalue weighted by molar-refractivity contribution is -0.140. The molecular weight excluding hydrogens is 599 g/mol. The van der Waals surface area contributed by atoms with Crippen LogP contribution in [0.4, 0.5) is 33.5 Å². The Balaban J connectivity index is 1.37. The largest absolute Gasteiger partial charge is 0.461 e. The van der Waals surface area contributed by atoms with Gasteiger partial charge < -0.3 is 25.0 Å². The molecule has 244 valence electrons. The third-order valence-corrected chi connectivity index (χ3v) is 9.61. The third kappa shape index (κ3) is 5.71. The van der Waals surface area contributed by atoms with E-state index in [9.17, 15) is 22.4 Å². The van der Waals surface area contributed by atoms with Crippen molar-refractivity contribution >= 4 is 17.4 Å². The Morgan fingerprint density at radius 1 is 1.27 bits per heavy atom. The molecule has 4 atom stereocenters. The molecule has 9 nitrogen and oxygen atoms in total. The highest BCUT2D eigenvalue weighted by atomic mass is 19.4. The topological polar surface area (TPSA) is 97.0 Å². The van der Waals surface area contributed by atoms with Crippen LogP contribution in [0.1, 0.15) is 60.2 Å². The van der Waals surface area contributed by atoms with E-state index >= 15 is 4.39 Å². The van der Waals surface area contributed by atoms with E-state index in [1.807, 2.05) is 11.8 Å². The molecule has 3 saturated heterocycles. The van der Waals surface area contributed by atoms with Gasteiger partial charge in [0.15, 0.2) is 5.82 Å². The van der Waals surface area contributed by atoms with Crippen LogP contribution in [-0.2, 0) is 28.7 Å². The van der Waals surface area contributed by atoms with Crippen LogP contribution < -0.4 is 15.4 Å². The smallest absolute Gasteiger partial charge is 0.417 e. The number of piperazine rings is 1. The first-order chi connectivity index (χ1) is 21.3. The number of ether oxygens (including phenoxy) is 2. The molecular formula is C31H37F5N6O3. The summed E-state index contributed by atoms with van der Waals surface area (Å²) in [4.78, 5) is 27.4. The Morgan fingerprint density at radius 3 is 2.76 bits per heavy atom. The number of aryl methyl sites for hydroxylation is 1. The minimum absolute atomic E-state index is 0.00463. The Morgan fingerprint density at radius 2 is 2.04 bits per heavy atom. The van der Waals surface area contributed by atoms with Crippen LogP contribution in [0.15, 0.2) is 18.7 Å². The maximum absolute atomic E-state index is 15.4. The van der Waals surface area contributed by atoms with Gasteiger partial charge in [-0.25, -0.2) is 8.78 Å². The van der Waals surface area contributed by atoms with E-state index in [1.54, 1.807) is 4.90 Å². The first-order valence-electron chi connectivity index (χ1n) is 15.2. The fourth-order valence-corrected chi connectivity index (χ4v) is 7.49. The normalized spacial score (nSPS) is 27.0. The quantitative estimate of drug-likeness (QED) is 0.281. The Kier molecular flexibility index (Phi) is 8.17. The zero-order valence-electron chi connectivity index (χ0n) is 25.3. The van der Waals surface area contributed by atoms with Gasteiger partial charge in [-0.05, 0) is 50.9 Å². The number of halogens is 5. The lowest BCUT2D eigenvalue weighted by atomic mass is 9.91. The fourth-order valence-electron chi connectivity index (χ4n) is 7.49. The number of hydrogen-bond acceptors (Lipinski definition) is 8. The van der Waals surface area contributed by atoms with Crippen LogP contribution in [0.2, 0.25) is 0 Å². The van der Waals surface area contributed by atoms with Crippen molar-refractivity contribution in [3.63, 3.8) is 0 Å². The standard InChI is InChI=1S/C31H37F5N6O3/c1-4-24(43)40-8-9-42(18(3)13-40)28-20-15-44-23(25-26(31(34,35)36)17(2)10-21(37)27(25)33)11-22(20)38-29(39-28)45-16-30-6-5-7-41(30)14-19(32)12-30/h4,10,18-19,23H,1,5-9,11-16,37H2,2-3H3/t18-,19+,23?,30-/m0/s1. The predicted molar refractivity (Wildman–Crippen MR) is 156 cm³/mol. The van der Waals surface area contributed by atoms with Crippen molar-refractivity contribution in [1.29, 1.82) is 0 Å². The van der Waals surface area contributed by atoms with Crippen molar-refractivity contribution in [3.05, 3.63) is 52.5 Å². The average Bonchev–Trinajstić information content (AvgIpc) is 3.51. The molecule has 0 radical (unpaired) electrons. The van der Waals surface area contributed by atoms with Crippen molar-refractivity contribution in [1.82, 2.24) is 19.8 Å². The van der Waals surface area contributed by atoms with Gasteiger partial charge in [-0.15, -0.1) is 0 Å². The zero-order valence-corrected chi connectivity index (χ0v) is 25.3. The summed E-state index contributed by atoms with van der Waals surface area (Å²) < 4.78 is 84.5. The van der Waals surface area contributed by atoms with E-state index in [2.05, 4.69) is 16.5 Å². The summed E-state index contributed by atoms with van der Waals surface area (Å²) in [5.74, 6) is -0.891. The van der Waals surface area contributed by atoms with Gasteiger partial charge in [0.05, 0.1) is 35.2 Å². The molecule has 1 aromatic heterocycles. The highest BCUT2D eigenvalue weighted by Gasteiger charge is 2.49. The lowest BCUT2D eigenvalue weighted by Gasteiger charge is -2.41. The van der Waals surface area contributed by atoms with Crippen LogP contribution >= 0.6 is 0 Å². The van der Waals surface area contributed by atoms with Crippen LogP contribution in [0.25, 0.3) is 0 Å². The van der Waals surface area contributed by atoms with E-state index in [0.29, 0.717) is 49.7 Å². The minimum atomic E-state index is -4.84. The molecule has 1 aromatic carbocycles. The number of anilines is 2. The average molecular weight is 637 g/mol. The first kappa shape index (κ1) is 31.5. The monoisotopic (exact) mass is 636 g/mol. The number of rotatable bonds is 6.